The fourth-order valence-corrected chi connectivity index (χ4v) is 5.02. The fourth-order valence-electron chi connectivity index (χ4n) is 5.02. The molecule has 0 saturated heterocycles. The van der Waals surface area contributed by atoms with Gasteiger partial charge in [0.1, 0.15) is 0 Å². The Kier molecular flexibility index (Phi) is 3.93. The minimum Gasteiger partial charge on any atom is -0.0625 e. The summed E-state index contributed by atoms with van der Waals surface area (Å²) in [6.45, 7) is 9.35. The van der Waals surface area contributed by atoms with Gasteiger partial charge < -0.3 is 0 Å². The Labute approximate surface area is 125 Å². The Balaban J connectivity index is 1.85. The average molecular weight is 270 g/mol. The highest BCUT2D eigenvalue weighted by Crippen LogP contribution is 2.53. The molecular formula is C20H30. The Morgan fingerprint density at radius 1 is 0.950 bits per heavy atom. The second-order valence-corrected chi connectivity index (χ2v) is 7.86. The first-order valence-electron chi connectivity index (χ1n) is 8.62. The van der Waals surface area contributed by atoms with Crippen molar-refractivity contribution >= 4 is 0 Å². The lowest BCUT2D eigenvalue weighted by atomic mass is 9.70. The van der Waals surface area contributed by atoms with E-state index < -0.39 is 0 Å². The standard InChI is InChI=1S/C20H30/c1-13(2)17-11-16-6-5-7-19(20(16)12-17)18-9-14(3)8-15(4)10-18/h8-10,13,16-17,19-20H,5-7,11-12H2,1-4H3. The summed E-state index contributed by atoms with van der Waals surface area (Å²) in [6.07, 6.45) is 7.36. The van der Waals surface area contributed by atoms with E-state index in [2.05, 4.69) is 45.9 Å². The highest BCUT2D eigenvalue weighted by Gasteiger charge is 2.42. The van der Waals surface area contributed by atoms with E-state index in [1.165, 1.54) is 43.2 Å². The zero-order valence-electron chi connectivity index (χ0n) is 13.7. The van der Waals surface area contributed by atoms with Crippen molar-refractivity contribution in [2.75, 3.05) is 0 Å². The molecule has 20 heavy (non-hydrogen) atoms. The second-order valence-electron chi connectivity index (χ2n) is 7.86. The summed E-state index contributed by atoms with van der Waals surface area (Å²) in [5.41, 5.74) is 4.53. The maximum Gasteiger partial charge on any atom is -0.0131 e. The van der Waals surface area contributed by atoms with Crippen molar-refractivity contribution in [1.82, 2.24) is 0 Å². The molecule has 0 radical (unpaired) electrons. The topological polar surface area (TPSA) is 0 Å². The molecule has 1 aromatic carbocycles. The Hall–Kier alpha value is -0.780. The van der Waals surface area contributed by atoms with E-state index in [0.29, 0.717) is 0 Å². The van der Waals surface area contributed by atoms with Crippen molar-refractivity contribution in [1.29, 1.82) is 0 Å². The molecule has 0 aliphatic heterocycles. The molecule has 0 bridgehead atoms. The lowest BCUT2D eigenvalue weighted by molar-refractivity contribution is 0.238. The van der Waals surface area contributed by atoms with Gasteiger partial charge in [0.2, 0.25) is 0 Å². The van der Waals surface area contributed by atoms with Gasteiger partial charge in [-0.25, -0.2) is 0 Å². The van der Waals surface area contributed by atoms with Gasteiger partial charge in [-0.15, -0.1) is 0 Å². The SMILES string of the molecule is Cc1cc(C)cc(C2CCCC3CC(C(C)C)CC32)c1. The van der Waals surface area contributed by atoms with Crippen LogP contribution < -0.4 is 0 Å². The number of rotatable bonds is 2. The summed E-state index contributed by atoms with van der Waals surface area (Å²) in [5.74, 6) is 4.69. The van der Waals surface area contributed by atoms with Gasteiger partial charge in [0.15, 0.2) is 0 Å². The molecule has 0 heteroatoms. The molecule has 2 fully saturated rings. The first-order chi connectivity index (χ1) is 9.54. The van der Waals surface area contributed by atoms with Crippen LogP contribution in [0.5, 0.6) is 0 Å². The van der Waals surface area contributed by atoms with Gasteiger partial charge in [0, 0.05) is 0 Å². The molecule has 0 spiro atoms. The smallest absolute Gasteiger partial charge is 0.0131 e. The van der Waals surface area contributed by atoms with Crippen LogP contribution in [0.3, 0.4) is 0 Å². The molecule has 4 atom stereocenters. The summed E-state index contributed by atoms with van der Waals surface area (Å²) >= 11 is 0. The van der Waals surface area contributed by atoms with E-state index in [0.717, 1.165) is 29.6 Å². The maximum absolute atomic E-state index is 2.46. The normalized spacial score (nSPS) is 33.5. The molecule has 2 aliphatic rings. The third-order valence-electron chi connectivity index (χ3n) is 6.01. The molecule has 0 amide bonds. The molecular weight excluding hydrogens is 240 g/mol. The van der Waals surface area contributed by atoms with Crippen LogP contribution in [0.4, 0.5) is 0 Å². The van der Waals surface area contributed by atoms with Crippen LogP contribution in [-0.2, 0) is 0 Å². The summed E-state index contributed by atoms with van der Waals surface area (Å²) in [6, 6.07) is 7.24. The molecule has 3 rings (SSSR count). The van der Waals surface area contributed by atoms with Crippen LogP contribution >= 0.6 is 0 Å². The van der Waals surface area contributed by atoms with Crippen LogP contribution in [0.25, 0.3) is 0 Å². The van der Waals surface area contributed by atoms with Gasteiger partial charge in [-0.3, -0.25) is 0 Å². The number of hydrogen-bond donors (Lipinski definition) is 0. The predicted molar refractivity (Wildman–Crippen MR) is 87.1 cm³/mol. The quantitative estimate of drug-likeness (QED) is 0.630. The van der Waals surface area contributed by atoms with Crippen LogP contribution in [0.1, 0.15) is 68.6 Å². The lowest BCUT2D eigenvalue weighted by Crippen LogP contribution is -2.22. The largest absolute Gasteiger partial charge is 0.0625 e. The monoisotopic (exact) mass is 270 g/mol. The summed E-state index contributed by atoms with van der Waals surface area (Å²) in [7, 11) is 0. The highest BCUT2D eigenvalue weighted by atomic mass is 14.5. The third-order valence-corrected chi connectivity index (χ3v) is 6.01. The van der Waals surface area contributed by atoms with Crippen LogP contribution in [0, 0.1) is 37.5 Å². The molecule has 4 unspecified atom stereocenters. The summed E-state index contributed by atoms with van der Waals surface area (Å²) in [4.78, 5) is 0. The minimum atomic E-state index is 0.844. The molecule has 110 valence electrons. The first kappa shape index (κ1) is 14.2. The van der Waals surface area contributed by atoms with E-state index in [9.17, 15) is 0 Å². The Morgan fingerprint density at radius 2 is 1.65 bits per heavy atom. The fraction of sp³-hybridized carbons (Fsp3) is 0.700. The zero-order chi connectivity index (χ0) is 14.3. The Morgan fingerprint density at radius 3 is 2.30 bits per heavy atom. The van der Waals surface area contributed by atoms with E-state index in [-0.39, 0.29) is 0 Å². The molecule has 1 aromatic rings. The molecule has 0 heterocycles. The second kappa shape index (κ2) is 5.54. The van der Waals surface area contributed by atoms with Crippen molar-refractivity contribution in [3.63, 3.8) is 0 Å². The number of hydrogen-bond acceptors (Lipinski definition) is 0. The number of fused-ring (bicyclic) bond motifs is 1. The third kappa shape index (κ3) is 2.67. The van der Waals surface area contributed by atoms with Crippen molar-refractivity contribution in [3.8, 4) is 0 Å². The van der Waals surface area contributed by atoms with E-state index in [1.54, 1.807) is 5.56 Å². The van der Waals surface area contributed by atoms with Gasteiger partial charge in [0.05, 0.1) is 0 Å². The van der Waals surface area contributed by atoms with Crippen LogP contribution in [0.15, 0.2) is 18.2 Å². The summed E-state index contributed by atoms with van der Waals surface area (Å²) in [5, 5.41) is 0. The van der Waals surface area contributed by atoms with E-state index in [4.69, 9.17) is 0 Å². The van der Waals surface area contributed by atoms with Crippen molar-refractivity contribution < 1.29 is 0 Å². The number of aryl methyl sites for hydroxylation is 2. The molecule has 0 nitrogen and oxygen atoms in total. The van der Waals surface area contributed by atoms with E-state index >= 15 is 0 Å². The average Bonchev–Trinajstić information content (AvgIpc) is 2.81. The van der Waals surface area contributed by atoms with Crippen LogP contribution in [0.2, 0.25) is 0 Å². The molecule has 0 N–H and O–H groups in total. The first-order valence-corrected chi connectivity index (χ1v) is 8.62. The predicted octanol–water partition coefficient (Wildman–Crippen LogP) is 5.87. The zero-order valence-corrected chi connectivity index (χ0v) is 13.7. The molecule has 0 aromatic heterocycles. The van der Waals surface area contributed by atoms with Gasteiger partial charge in [-0.05, 0) is 68.3 Å². The van der Waals surface area contributed by atoms with Gasteiger partial charge in [-0.1, -0.05) is 56.0 Å². The van der Waals surface area contributed by atoms with Gasteiger partial charge >= 0.3 is 0 Å². The highest BCUT2D eigenvalue weighted by molar-refractivity contribution is 5.32. The molecule has 2 aliphatic carbocycles. The van der Waals surface area contributed by atoms with Gasteiger partial charge in [-0.2, -0.15) is 0 Å². The van der Waals surface area contributed by atoms with Crippen molar-refractivity contribution in [2.45, 2.75) is 65.7 Å². The number of benzene rings is 1. The van der Waals surface area contributed by atoms with Crippen LogP contribution in [-0.4, -0.2) is 0 Å². The maximum atomic E-state index is 2.46. The summed E-state index contributed by atoms with van der Waals surface area (Å²) < 4.78 is 0. The lowest BCUT2D eigenvalue weighted by Gasteiger charge is -2.34. The van der Waals surface area contributed by atoms with Crippen molar-refractivity contribution in [3.05, 3.63) is 34.9 Å². The Bertz CT molecular complexity index is 451. The molecule has 2 saturated carbocycles. The van der Waals surface area contributed by atoms with Crippen molar-refractivity contribution in [2.24, 2.45) is 23.7 Å². The minimum absolute atomic E-state index is 0.844. The van der Waals surface area contributed by atoms with Gasteiger partial charge in [0.25, 0.3) is 0 Å². The van der Waals surface area contributed by atoms with E-state index in [1.807, 2.05) is 0 Å².